The second-order valence-electron chi connectivity index (χ2n) is 3.99. The molecule has 0 aliphatic heterocycles. The third-order valence-corrected chi connectivity index (χ3v) is 2.16. The first-order chi connectivity index (χ1) is 7.47. The summed E-state index contributed by atoms with van der Waals surface area (Å²) >= 11 is 0. The van der Waals surface area contributed by atoms with E-state index in [1.165, 1.54) is 11.0 Å². The number of hydrogen-bond donors (Lipinski definition) is 4. The number of hydrogen-bond acceptors (Lipinski definition) is 4. The van der Waals surface area contributed by atoms with Gasteiger partial charge in [-0.3, -0.25) is 0 Å². The molecule has 0 aliphatic carbocycles. The van der Waals surface area contributed by atoms with Gasteiger partial charge in [-0.2, -0.15) is 0 Å². The van der Waals surface area contributed by atoms with E-state index in [-0.39, 0.29) is 0 Å². The highest BCUT2D eigenvalue weighted by Crippen LogP contribution is 1.93. The van der Waals surface area contributed by atoms with E-state index in [1.807, 2.05) is 0 Å². The minimum Gasteiger partial charge on any atom is -0.394 e. The van der Waals surface area contributed by atoms with Crippen LogP contribution in [0, 0.1) is 6.92 Å². The Bertz CT molecular complexity index is 257. The Labute approximate surface area is 97.1 Å². The Balaban J connectivity index is 0.000000281. The lowest BCUT2D eigenvalue weighted by Crippen LogP contribution is -2.50. The van der Waals surface area contributed by atoms with E-state index in [2.05, 4.69) is 39.0 Å². The van der Waals surface area contributed by atoms with Crippen molar-refractivity contribution >= 4 is 13.3 Å². The van der Waals surface area contributed by atoms with Crippen molar-refractivity contribution in [3.63, 3.8) is 0 Å². The van der Waals surface area contributed by atoms with E-state index in [0.717, 1.165) is 0 Å². The molecule has 5 heteroatoms. The molecule has 0 aliphatic rings. The minimum atomic E-state index is -1.21. The molecule has 0 aromatic heterocycles. The van der Waals surface area contributed by atoms with Crippen LogP contribution in [-0.2, 0) is 0 Å². The summed E-state index contributed by atoms with van der Waals surface area (Å²) in [5, 5.41) is 25.0. The van der Waals surface area contributed by atoms with Gasteiger partial charge in [0.1, 0.15) is 7.85 Å². The maximum atomic E-state index is 8.34. The van der Waals surface area contributed by atoms with Crippen LogP contribution < -0.4 is 11.2 Å². The van der Waals surface area contributed by atoms with Gasteiger partial charge in [0, 0.05) is 0 Å². The summed E-state index contributed by atoms with van der Waals surface area (Å²) in [5.74, 6) is 0. The molecule has 0 fully saturated rings. The van der Waals surface area contributed by atoms with Crippen LogP contribution in [0.25, 0.3) is 0 Å². The first kappa shape index (κ1) is 15.1. The molecule has 0 radical (unpaired) electrons. The summed E-state index contributed by atoms with van der Waals surface area (Å²) in [5.41, 5.74) is 6.60. The Morgan fingerprint density at radius 3 is 1.62 bits per heavy atom. The van der Waals surface area contributed by atoms with Crippen molar-refractivity contribution in [1.29, 1.82) is 0 Å². The molecule has 0 heterocycles. The average Bonchev–Trinajstić information content (AvgIpc) is 2.33. The van der Waals surface area contributed by atoms with Crippen molar-refractivity contribution in [3.8, 4) is 0 Å². The molecule has 0 bridgehead atoms. The number of rotatable bonds is 3. The van der Waals surface area contributed by atoms with Crippen molar-refractivity contribution < 1.29 is 15.3 Å². The topological polar surface area (TPSA) is 86.7 Å². The third-order valence-electron chi connectivity index (χ3n) is 2.16. The number of nitrogens with two attached hydrogens (primary N) is 1. The molecule has 0 amide bonds. The van der Waals surface area contributed by atoms with Crippen molar-refractivity contribution in [2.24, 2.45) is 5.73 Å². The SMILES string of the molecule is Bc1ccc(C)cc1.NC(CO)(CO)CO. The highest BCUT2D eigenvalue weighted by Gasteiger charge is 2.20. The molecule has 1 aromatic rings. The van der Waals surface area contributed by atoms with Gasteiger partial charge in [-0.1, -0.05) is 35.3 Å². The Morgan fingerprint density at radius 2 is 1.44 bits per heavy atom. The van der Waals surface area contributed by atoms with Crippen LogP contribution in [0.2, 0.25) is 0 Å². The largest absolute Gasteiger partial charge is 0.394 e. The zero-order valence-electron chi connectivity index (χ0n) is 9.85. The summed E-state index contributed by atoms with van der Waals surface area (Å²) in [7, 11) is 2.10. The fourth-order valence-electron chi connectivity index (χ4n) is 0.787. The first-order valence-electron chi connectivity index (χ1n) is 5.12. The monoisotopic (exact) mass is 225 g/mol. The predicted octanol–water partition coefficient (Wildman–Crippen LogP) is -2.09. The summed E-state index contributed by atoms with van der Waals surface area (Å²) < 4.78 is 0. The van der Waals surface area contributed by atoms with E-state index in [4.69, 9.17) is 21.1 Å². The van der Waals surface area contributed by atoms with E-state index in [1.54, 1.807) is 0 Å². The smallest absolute Gasteiger partial charge is 0.139 e. The van der Waals surface area contributed by atoms with Crippen LogP contribution in [0.5, 0.6) is 0 Å². The Morgan fingerprint density at radius 1 is 1.06 bits per heavy atom. The van der Waals surface area contributed by atoms with Crippen LogP contribution in [0.1, 0.15) is 5.56 Å². The molecule has 0 unspecified atom stereocenters. The standard InChI is InChI=1S/C7H9B.C4H11NO3/c1-6-2-4-7(8)5-3-6;5-4(1-6,2-7)3-8/h2-5H,8H2,1H3;6-8H,1-3,5H2. The lowest BCUT2D eigenvalue weighted by molar-refractivity contribution is 0.0698. The number of benzene rings is 1. The summed E-state index contributed by atoms with van der Waals surface area (Å²) in [6.45, 7) is 0.888. The molecule has 0 spiro atoms. The van der Waals surface area contributed by atoms with E-state index in [9.17, 15) is 0 Å². The molecule has 1 rings (SSSR count). The molecule has 0 saturated carbocycles. The maximum Gasteiger partial charge on any atom is 0.139 e. The van der Waals surface area contributed by atoms with Crippen LogP contribution in [-0.4, -0.2) is 48.5 Å². The first-order valence-corrected chi connectivity index (χ1v) is 5.12. The number of aryl methyl sites for hydroxylation is 1. The molecular weight excluding hydrogens is 205 g/mol. The van der Waals surface area contributed by atoms with Crippen LogP contribution in [0.4, 0.5) is 0 Å². The van der Waals surface area contributed by atoms with Gasteiger partial charge >= 0.3 is 0 Å². The van der Waals surface area contributed by atoms with Gasteiger partial charge in [0.05, 0.1) is 25.4 Å². The van der Waals surface area contributed by atoms with Gasteiger partial charge in [-0.15, -0.1) is 0 Å². The van der Waals surface area contributed by atoms with Crippen molar-refractivity contribution in [1.82, 2.24) is 0 Å². The zero-order chi connectivity index (χ0) is 12.6. The van der Waals surface area contributed by atoms with Gasteiger partial charge in [0.2, 0.25) is 0 Å². The molecule has 16 heavy (non-hydrogen) atoms. The molecule has 1 aromatic carbocycles. The molecule has 4 nitrogen and oxygen atoms in total. The second-order valence-corrected chi connectivity index (χ2v) is 3.99. The average molecular weight is 225 g/mol. The lowest BCUT2D eigenvalue weighted by atomic mass is 9.96. The minimum absolute atomic E-state index is 0.403. The zero-order valence-corrected chi connectivity index (χ0v) is 9.85. The van der Waals surface area contributed by atoms with Gasteiger partial charge in [0.25, 0.3) is 0 Å². The van der Waals surface area contributed by atoms with E-state index in [0.29, 0.717) is 0 Å². The van der Waals surface area contributed by atoms with Gasteiger partial charge in [0.15, 0.2) is 0 Å². The van der Waals surface area contributed by atoms with Gasteiger partial charge in [-0.05, 0) is 6.92 Å². The van der Waals surface area contributed by atoms with Gasteiger partial charge in [-0.25, -0.2) is 0 Å². The second kappa shape index (κ2) is 7.41. The molecule has 90 valence electrons. The molecular formula is C11H20BNO3. The highest BCUT2D eigenvalue weighted by atomic mass is 16.3. The van der Waals surface area contributed by atoms with Crippen molar-refractivity contribution in [2.75, 3.05) is 19.8 Å². The normalized spacial score (nSPS) is 10.6. The fourth-order valence-corrected chi connectivity index (χ4v) is 0.787. The van der Waals surface area contributed by atoms with E-state index >= 15 is 0 Å². The highest BCUT2D eigenvalue weighted by molar-refractivity contribution is 6.32. The molecule has 0 saturated heterocycles. The number of aliphatic hydroxyl groups excluding tert-OH is 3. The quantitative estimate of drug-likeness (QED) is 0.444. The molecule has 0 atom stereocenters. The third kappa shape index (κ3) is 5.87. The van der Waals surface area contributed by atoms with Crippen LogP contribution >= 0.6 is 0 Å². The summed E-state index contributed by atoms with van der Waals surface area (Å²) in [6.07, 6.45) is 0. The maximum absolute atomic E-state index is 8.34. The van der Waals surface area contributed by atoms with E-state index < -0.39 is 25.4 Å². The number of aliphatic hydroxyl groups is 3. The fraction of sp³-hybridized carbons (Fsp3) is 0.455. The van der Waals surface area contributed by atoms with Crippen molar-refractivity contribution in [3.05, 3.63) is 29.8 Å². The van der Waals surface area contributed by atoms with Crippen molar-refractivity contribution in [2.45, 2.75) is 12.5 Å². The molecule has 5 N–H and O–H groups in total. The lowest BCUT2D eigenvalue weighted by Gasteiger charge is -2.20. The Hall–Kier alpha value is -0.875. The Kier molecular flexibility index (Phi) is 7.00. The predicted molar refractivity (Wildman–Crippen MR) is 67.5 cm³/mol. The van der Waals surface area contributed by atoms with Crippen LogP contribution in [0.3, 0.4) is 0 Å². The van der Waals surface area contributed by atoms with Gasteiger partial charge < -0.3 is 21.1 Å². The summed E-state index contributed by atoms with van der Waals surface area (Å²) in [6, 6.07) is 8.48. The summed E-state index contributed by atoms with van der Waals surface area (Å²) in [4.78, 5) is 0. The van der Waals surface area contributed by atoms with Crippen LogP contribution in [0.15, 0.2) is 24.3 Å².